The molecule has 2 aromatic heterocycles. The molecule has 3 rings (SSSR count). The van der Waals surface area contributed by atoms with Crippen molar-refractivity contribution in [2.75, 3.05) is 25.6 Å². The van der Waals surface area contributed by atoms with Crippen molar-refractivity contribution >= 4 is 23.1 Å². The van der Waals surface area contributed by atoms with Crippen LogP contribution in [0.3, 0.4) is 0 Å². The van der Waals surface area contributed by atoms with E-state index in [1.807, 2.05) is 0 Å². The molecule has 0 unspecified atom stereocenters. The van der Waals surface area contributed by atoms with Crippen LogP contribution in [0.1, 0.15) is 129 Å². The molecule has 1 fully saturated rings. The van der Waals surface area contributed by atoms with E-state index in [2.05, 4.69) is 27.2 Å². The van der Waals surface area contributed by atoms with Crippen LogP contribution in [0.5, 0.6) is 0 Å². The average molecular weight is 532 g/mol. The highest BCUT2D eigenvalue weighted by Gasteiger charge is 2.08. The lowest BCUT2D eigenvalue weighted by molar-refractivity contribution is -0.147. The van der Waals surface area contributed by atoms with E-state index in [0.717, 1.165) is 26.1 Å². The summed E-state index contributed by atoms with van der Waals surface area (Å²) in [4.78, 5) is 24.8. The van der Waals surface area contributed by atoms with Crippen molar-refractivity contribution in [3.63, 3.8) is 0 Å². The fourth-order valence-corrected chi connectivity index (χ4v) is 4.42. The van der Waals surface area contributed by atoms with Crippen LogP contribution in [0.2, 0.25) is 0 Å². The lowest BCUT2D eigenvalue weighted by atomic mass is 10.0. The molecule has 38 heavy (non-hydrogen) atoms. The van der Waals surface area contributed by atoms with Gasteiger partial charge in [-0.05, 0) is 12.8 Å². The number of unbranched alkanes of at least 4 members (excludes halogenated alkanes) is 16. The maximum absolute atomic E-state index is 12.1. The zero-order chi connectivity index (χ0) is 27.1. The largest absolute Gasteiger partial charge is 0.444 e. The van der Waals surface area contributed by atoms with Gasteiger partial charge in [0.15, 0.2) is 12.4 Å². The number of aromatic nitrogens is 4. The number of rotatable bonds is 21. The van der Waals surface area contributed by atoms with Crippen LogP contribution >= 0.6 is 0 Å². The molecule has 0 spiro atoms. The monoisotopic (exact) mass is 531 g/mol. The molecule has 0 aromatic carbocycles. The van der Waals surface area contributed by atoms with Crippen LogP contribution in [0, 0.1) is 0 Å². The van der Waals surface area contributed by atoms with Gasteiger partial charge in [-0.25, -0.2) is 9.97 Å². The average Bonchev–Trinajstić information content (AvgIpc) is 3.30. The number of nitrogens with zero attached hydrogens (tertiary/aromatic N) is 4. The van der Waals surface area contributed by atoms with Gasteiger partial charge in [0.2, 0.25) is 5.95 Å². The first-order valence-electron chi connectivity index (χ1n) is 15.3. The Balaban J connectivity index is 0.00000115. The smallest absolute Gasteiger partial charge is 0.307 e. The number of hydrogen-bond donors (Lipinski definition) is 1. The third-order valence-electron chi connectivity index (χ3n) is 7.01. The van der Waals surface area contributed by atoms with E-state index in [4.69, 9.17) is 9.47 Å². The minimum Gasteiger partial charge on any atom is -0.444 e. The number of ether oxygens (including phenoxy) is 2. The normalized spacial score (nSPS) is 12.6. The summed E-state index contributed by atoms with van der Waals surface area (Å²) in [5.41, 5.74) is 1.34. The van der Waals surface area contributed by atoms with Gasteiger partial charge in [0.1, 0.15) is 5.52 Å². The van der Waals surface area contributed by atoms with E-state index in [1.165, 1.54) is 103 Å². The molecule has 0 radical (unpaired) electrons. The van der Waals surface area contributed by atoms with E-state index in [-0.39, 0.29) is 12.7 Å². The molecule has 1 aliphatic heterocycles. The molecule has 3 heterocycles. The molecule has 216 valence electrons. The van der Waals surface area contributed by atoms with Gasteiger partial charge in [0.05, 0.1) is 12.5 Å². The van der Waals surface area contributed by atoms with E-state index in [0.29, 0.717) is 23.5 Å². The molecule has 1 aliphatic rings. The molecule has 0 bridgehead atoms. The summed E-state index contributed by atoms with van der Waals surface area (Å²) in [5, 5.41) is 2.90. The second-order valence-corrected chi connectivity index (χ2v) is 10.4. The van der Waals surface area contributed by atoms with Crippen molar-refractivity contribution in [2.45, 2.75) is 136 Å². The van der Waals surface area contributed by atoms with Gasteiger partial charge < -0.3 is 14.8 Å². The fourth-order valence-electron chi connectivity index (χ4n) is 4.42. The number of anilines is 1. The first-order chi connectivity index (χ1) is 18.7. The lowest BCUT2D eigenvalue weighted by Crippen LogP contribution is -2.09. The van der Waals surface area contributed by atoms with Crippen LogP contribution in [0.4, 0.5) is 5.95 Å². The molecule has 8 nitrogen and oxygen atoms in total. The third kappa shape index (κ3) is 14.6. The standard InChI is InChI=1S/C27H47N5O2.C3H6O/c1-3-4-5-6-7-8-9-10-11-12-13-14-15-16-17-18-19-20-25(33)34-23-32-22-30-24-21-29-27(28-2)31-26(24)32;1-2-4-3-1/h21-22H,3-20,23H2,1-2H3,(H,28,29,31);1-3H2. The summed E-state index contributed by atoms with van der Waals surface area (Å²) < 4.78 is 11.8. The highest BCUT2D eigenvalue weighted by atomic mass is 16.5. The lowest BCUT2D eigenvalue weighted by Gasteiger charge is -2.09. The molecule has 1 saturated heterocycles. The van der Waals surface area contributed by atoms with Gasteiger partial charge in [-0.15, -0.1) is 0 Å². The Morgan fingerprint density at radius 2 is 1.37 bits per heavy atom. The fraction of sp³-hybridized carbons (Fsp3) is 0.800. The van der Waals surface area contributed by atoms with Crippen molar-refractivity contribution in [1.82, 2.24) is 19.5 Å². The quantitative estimate of drug-likeness (QED) is 0.130. The van der Waals surface area contributed by atoms with Gasteiger partial charge >= 0.3 is 5.97 Å². The predicted octanol–water partition coefficient (Wildman–Crippen LogP) is 7.82. The molecule has 0 aliphatic carbocycles. The topological polar surface area (TPSA) is 91.2 Å². The second-order valence-electron chi connectivity index (χ2n) is 10.4. The van der Waals surface area contributed by atoms with Gasteiger partial charge in [0, 0.05) is 26.7 Å². The molecule has 2 aromatic rings. The Labute approximate surface area is 230 Å². The molecule has 0 saturated carbocycles. The maximum atomic E-state index is 12.1. The Hall–Kier alpha value is -2.22. The molecular formula is C30H53N5O3. The minimum atomic E-state index is -0.161. The van der Waals surface area contributed by atoms with Crippen LogP contribution in [-0.2, 0) is 21.0 Å². The van der Waals surface area contributed by atoms with Crippen LogP contribution < -0.4 is 5.32 Å². The van der Waals surface area contributed by atoms with E-state index in [9.17, 15) is 4.79 Å². The first-order valence-corrected chi connectivity index (χ1v) is 15.3. The Morgan fingerprint density at radius 3 is 1.84 bits per heavy atom. The number of nitrogens with one attached hydrogen (secondary N) is 1. The van der Waals surface area contributed by atoms with Crippen molar-refractivity contribution in [1.29, 1.82) is 0 Å². The van der Waals surface area contributed by atoms with Crippen molar-refractivity contribution < 1.29 is 14.3 Å². The zero-order valence-electron chi connectivity index (χ0n) is 24.2. The van der Waals surface area contributed by atoms with Crippen molar-refractivity contribution in [2.24, 2.45) is 0 Å². The Morgan fingerprint density at radius 1 is 0.868 bits per heavy atom. The predicted molar refractivity (Wildman–Crippen MR) is 155 cm³/mol. The van der Waals surface area contributed by atoms with Crippen LogP contribution in [0.15, 0.2) is 12.5 Å². The molecular weight excluding hydrogens is 478 g/mol. The zero-order valence-corrected chi connectivity index (χ0v) is 24.2. The maximum Gasteiger partial charge on any atom is 0.307 e. The summed E-state index contributed by atoms with van der Waals surface area (Å²) in [5.74, 6) is 0.356. The van der Waals surface area contributed by atoms with Crippen LogP contribution in [-0.4, -0.2) is 45.7 Å². The molecule has 8 heteroatoms. The van der Waals surface area contributed by atoms with Crippen molar-refractivity contribution in [3.8, 4) is 0 Å². The van der Waals surface area contributed by atoms with Gasteiger partial charge in [-0.2, -0.15) is 4.98 Å². The van der Waals surface area contributed by atoms with E-state index >= 15 is 0 Å². The minimum absolute atomic E-state index is 0.133. The summed E-state index contributed by atoms with van der Waals surface area (Å²) in [6.45, 7) is 4.41. The van der Waals surface area contributed by atoms with Gasteiger partial charge in [-0.3, -0.25) is 9.36 Å². The Bertz CT molecular complexity index is 850. The summed E-state index contributed by atoms with van der Waals surface area (Å²) in [6.07, 6.45) is 27.7. The number of imidazole rings is 1. The molecule has 0 atom stereocenters. The number of carbonyl (C=O) groups excluding carboxylic acids is 1. The van der Waals surface area contributed by atoms with Crippen molar-refractivity contribution in [3.05, 3.63) is 12.5 Å². The molecule has 1 N–H and O–H groups in total. The molecule has 0 amide bonds. The van der Waals surface area contributed by atoms with Gasteiger partial charge in [0.25, 0.3) is 0 Å². The Kier molecular flexibility index (Phi) is 18.3. The van der Waals surface area contributed by atoms with E-state index < -0.39 is 0 Å². The van der Waals surface area contributed by atoms with E-state index in [1.54, 1.807) is 24.1 Å². The number of fused-ring (bicyclic) bond motifs is 1. The number of carbonyl (C=O) groups is 1. The number of hydrogen-bond acceptors (Lipinski definition) is 7. The third-order valence-corrected chi connectivity index (χ3v) is 7.01. The van der Waals surface area contributed by atoms with Crippen LogP contribution in [0.25, 0.3) is 11.2 Å². The first kappa shape index (κ1) is 32.0. The number of esters is 1. The van der Waals surface area contributed by atoms with Gasteiger partial charge in [-0.1, -0.05) is 110 Å². The highest BCUT2D eigenvalue weighted by Crippen LogP contribution is 2.15. The second kappa shape index (κ2) is 21.7. The summed E-state index contributed by atoms with van der Waals surface area (Å²) in [6, 6.07) is 0. The summed E-state index contributed by atoms with van der Waals surface area (Å²) >= 11 is 0. The highest BCUT2D eigenvalue weighted by molar-refractivity contribution is 5.71. The summed E-state index contributed by atoms with van der Waals surface area (Å²) in [7, 11) is 1.76. The SMILES string of the molecule is C1COC1.CCCCCCCCCCCCCCCCCCCC(=O)OCn1cnc2cnc(NC)nc21.